The summed E-state index contributed by atoms with van der Waals surface area (Å²) in [5.74, 6) is -0.978. The highest BCUT2D eigenvalue weighted by molar-refractivity contribution is 7.90. The number of allylic oxidation sites excluding steroid dienone is 1. The Hall–Kier alpha value is -3.50. The van der Waals surface area contributed by atoms with Gasteiger partial charge in [0, 0.05) is 36.3 Å². The summed E-state index contributed by atoms with van der Waals surface area (Å²) in [6, 6.07) is 8.32. The van der Waals surface area contributed by atoms with Crippen LogP contribution in [0.4, 0.5) is 4.39 Å². The predicted octanol–water partition coefficient (Wildman–Crippen LogP) is 4.55. The van der Waals surface area contributed by atoms with E-state index in [1.807, 2.05) is 20.8 Å². The third-order valence-corrected chi connectivity index (χ3v) is 6.23. The molecule has 0 bridgehead atoms. The van der Waals surface area contributed by atoms with Crippen molar-refractivity contribution in [3.8, 4) is 11.5 Å². The molecule has 0 radical (unpaired) electrons. The Morgan fingerprint density at radius 3 is 2.58 bits per heavy atom. The van der Waals surface area contributed by atoms with Gasteiger partial charge in [0.2, 0.25) is 5.91 Å². The Labute approximate surface area is 214 Å². The number of ether oxygens (including phenoxy) is 1. The third-order valence-electron chi connectivity index (χ3n) is 4.83. The molecule has 0 spiro atoms. The second kappa shape index (κ2) is 10.6. The number of aromatic nitrogens is 1. The van der Waals surface area contributed by atoms with Crippen molar-refractivity contribution in [1.82, 2.24) is 10.3 Å². The van der Waals surface area contributed by atoms with Crippen LogP contribution in [0.15, 0.2) is 64.4 Å². The number of carbonyl (C=O) groups excluding carboxylic acids is 1. The maximum Gasteiger partial charge on any atom is 0.228 e. The van der Waals surface area contributed by atoms with Crippen LogP contribution in [0.2, 0.25) is 5.02 Å². The van der Waals surface area contributed by atoms with E-state index in [1.54, 1.807) is 6.07 Å². The Morgan fingerprint density at radius 1 is 1.22 bits per heavy atom. The molecule has 0 atom stereocenters. The number of hydrogen-bond donors (Lipinski definition) is 2. The number of nitrogens with two attached hydrogens (primary N) is 1. The van der Waals surface area contributed by atoms with Crippen molar-refractivity contribution in [2.75, 3.05) is 6.26 Å². The highest BCUT2D eigenvalue weighted by atomic mass is 35.5. The van der Waals surface area contributed by atoms with E-state index >= 15 is 0 Å². The molecular formula is C25H26ClFN4O4S. The molecule has 0 saturated carbocycles. The summed E-state index contributed by atoms with van der Waals surface area (Å²) in [6.45, 7) is 5.67. The summed E-state index contributed by atoms with van der Waals surface area (Å²) >= 11 is 6.34. The number of nitrogens with one attached hydrogen (secondary N) is 1. The molecule has 1 heterocycles. The molecule has 3 rings (SSSR count). The Bertz CT molecular complexity index is 1480. The number of carbonyl (C=O) groups is 1. The summed E-state index contributed by atoms with van der Waals surface area (Å²) in [6.07, 6.45) is 4.90. The number of aliphatic imine (C=N–C) groups is 1. The van der Waals surface area contributed by atoms with E-state index in [2.05, 4.69) is 15.3 Å². The average Bonchev–Trinajstić information content (AvgIpc) is 2.78. The fraction of sp³-hybridized carbons (Fsp3) is 0.240. The number of nitrogens with zero attached hydrogens (tertiary/aromatic N) is 2. The lowest BCUT2D eigenvalue weighted by atomic mass is 10.1. The third kappa shape index (κ3) is 7.02. The van der Waals surface area contributed by atoms with Gasteiger partial charge in [-0.1, -0.05) is 11.6 Å². The Morgan fingerprint density at radius 2 is 1.94 bits per heavy atom. The molecular weight excluding hydrogens is 507 g/mol. The molecule has 2 aromatic carbocycles. The fourth-order valence-corrected chi connectivity index (χ4v) is 3.95. The summed E-state index contributed by atoms with van der Waals surface area (Å²) in [5, 5.41) is 3.05. The van der Waals surface area contributed by atoms with Crippen molar-refractivity contribution in [2.45, 2.75) is 37.6 Å². The zero-order valence-electron chi connectivity index (χ0n) is 20.2. The van der Waals surface area contributed by atoms with Crippen molar-refractivity contribution in [1.29, 1.82) is 0 Å². The summed E-state index contributed by atoms with van der Waals surface area (Å²) in [7, 11) is -3.47. The molecule has 0 unspecified atom stereocenters. The number of amides is 1. The number of rotatable bonds is 7. The molecule has 190 valence electrons. The van der Waals surface area contributed by atoms with Gasteiger partial charge in [-0.2, -0.15) is 0 Å². The Kier molecular flexibility index (Phi) is 8.00. The topological polar surface area (TPSA) is 124 Å². The maximum absolute atomic E-state index is 14.9. The van der Waals surface area contributed by atoms with Crippen molar-refractivity contribution in [2.24, 2.45) is 10.7 Å². The van der Waals surface area contributed by atoms with Gasteiger partial charge in [0.15, 0.2) is 9.84 Å². The van der Waals surface area contributed by atoms with Crippen LogP contribution in [0, 0.1) is 5.82 Å². The first-order valence-corrected chi connectivity index (χ1v) is 13.1. The van der Waals surface area contributed by atoms with Crippen molar-refractivity contribution in [3.63, 3.8) is 0 Å². The smallest absolute Gasteiger partial charge is 0.228 e. The van der Waals surface area contributed by atoms with Gasteiger partial charge in [-0.3, -0.25) is 14.8 Å². The van der Waals surface area contributed by atoms with Gasteiger partial charge >= 0.3 is 0 Å². The quantitative estimate of drug-likeness (QED) is 0.430. The van der Waals surface area contributed by atoms with E-state index in [-0.39, 0.29) is 44.6 Å². The number of pyridine rings is 1. The molecule has 0 aliphatic rings. The number of halogens is 2. The molecule has 0 saturated heterocycles. The zero-order valence-corrected chi connectivity index (χ0v) is 21.7. The van der Waals surface area contributed by atoms with Gasteiger partial charge in [0.05, 0.1) is 33.1 Å². The van der Waals surface area contributed by atoms with Crippen LogP contribution in [0.1, 0.15) is 26.3 Å². The van der Waals surface area contributed by atoms with E-state index in [0.29, 0.717) is 10.9 Å². The molecule has 3 aromatic rings. The monoisotopic (exact) mass is 532 g/mol. The number of hydrogen-bond acceptors (Lipinski definition) is 7. The van der Waals surface area contributed by atoms with Crippen LogP contribution >= 0.6 is 11.6 Å². The van der Waals surface area contributed by atoms with Crippen LogP contribution in [-0.4, -0.2) is 37.3 Å². The van der Waals surface area contributed by atoms with E-state index in [1.165, 1.54) is 42.9 Å². The average molecular weight is 533 g/mol. The van der Waals surface area contributed by atoms with Crippen molar-refractivity contribution >= 4 is 44.5 Å². The number of benzene rings is 2. The van der Waals surface area contributed by atoms with Crippen LogP contribution in [0.3, 0.4) is 0 Å². The van der Waals surface area contributed by atoms with Gasteiger partial charge in [-0.25, -0.2) is 12.8 Å². The minimum Gasteiger partial charge on any atom is -0.455 e. The lowest BCUT2D eigenvalue weighted by molar-refractivity contribution is -0.119. The van der Waals surface area contributed by atoms with Gasteiger partial charge in [0.1, 0.15) is 17.3 Å². The van der Waals surface area contributed by atoms with Gasteiger partial charge in [-0.15, -0.1) is 0 Å². The first-order chi connectivity index (χ1) is 16.8. The standard InChI is InChI=1S/C25H26ClFN4O4S/c1-25(2,3)30-14-16(13-28)31-24(32)10-15-9-19(26)23(12-20(15)27)35-22-7-8-29-21-6-5-17(11-18(21)22)36(4,33)34/h5-9,11-14H,10,28H2,1-4H3,(H,31,32). The molecule has 0 aliphatic carbocycles. The number of fused-ring (bicyclic) bond motifs is 1. The van der Waals surface area contributed by atoms with E-state index < -0.39 is 21.6 Å². The van der Waals surface area contributed by atoms with Gasteiger partial charge < -0.3 is 15.8 Å². The lowest BCUT2D eigenvalue weighted by Gasteiger charge is -2.13. The zero-order chi connectivity index (χ0) is 26.7. The molecule has 0 fully saturated rings. The highest BCUT2D eigenvalue weighted by Crippen LogP contribution is 2.35. The van der Waals surface area contributed by atoms with E-state index in [4.69, 9.17) is 22.1 Å². The van der Waals surface area contributed by atoms with Crippen LogP contribution in [0.25, 0.3) is 10.9 Å². The molecule has 8 nitrogen and oxygen atoms in total. The number of sulfone groups is 1. The van der Waals surface area contributed by atoms with Gasteiger partial charge in [0.25, 0.3) is 0 Å². The van der Waals surface area contributed by atoms with Crippen LogP contribution in [0.5, 0.6) is 11.5 Å². The molecule has 0 aliphatic heterocycles. The summed E-state index contributed by atoms with van der Waals surface area (Å²) in [4.78, 5) is 21.0. The molecule has 1 aromatic heterocycles. The van der Waals surface area contributed by atoms with Gasteiger partial charge in [-0.05, 0) is 56.7 Å². The van der Waals surface area contributed by atoms with Crippen molar-refractivity contribution in [3.05, 3.63) is 70.9 Å². The SMILES string of the molecule is CC(C)(C)N=CC(=CN)NC(=O)Cc1cc(Cl)c(Oc2ccnc3ccc(S(C)(=O)=O)cc23)cc1F. The fourth-order valence-electron chi connectivity index (χ4n) is 3.08. The first kappa shape index (κ1) is 27.1. The predicted molar refractivity (Wildman–Crippen MR) is 139 cm³/mol. The first-order valence-electron chi connectivity index (χ1n) is 10.8. The van der Waals surface area contributed by atoms with Crippen LogP contribution < -0.4 is 15.8 Å². The Balaban J connectivity index is 1.83. The highest BCUT2D eigenvalue weighted by Gasteiger charge is 2.17. The lowest BCUT2D eigenvalue weighted by Crippen LogP contribution is -2.27. The molecule has 3 N–H and O–H groups in total. The summed E-state index contributed by atoms with van der Waals surface area (Å²) < 4.78 is 44.6. The minimum absolute atomic E-state index is 0.00422. The van der Waals surface area contributed by atoms with E-state index in [9.17, 15) is 17.6 Å². The molecule has 1 amide bonds. The largest absolute Gasteiger partial charge is 0.455 e. The van der Waals surface area contributed by atoms with Crippen LogP contribution in [-0.2, 0) is 21.1 Å². The summed E-state index contributed by atoms with van der Waals surface area (Å²) in [5.41, 5.74) is 6.00. The van der Waals surface area contributed by atoms with E-state index in [0.717, 1.165) is 12.3 Å². The molecule has 11 heteroatoms. The second-order valence-electron chi connectivity index (χ2n) is 9.01. The second-order valence-corrected chi connectivity index (χ2v) is 11.4. The molecule has 36 heavy (non-hydrogen) atoms. The van der Waals surface area contributed by atoms with Crippen molar-refractivity contribution < 1.29 is 22.3 Å². The normalized spacial score (nSPS) is 12.8. The maximum atomic E-state index is 14.9. The minimum atomic E-state index is -3.47.